The second kappa shape index (κ2) is 6.35. The lowest BCUT2D eigenvalue weighted by molar-refractivity contribution is -0.120. The van der Waals surface area contributed by atoms with Gasteiger partial charge in [-0.2, -0.15) is 0 Å². The van der Waals surface area contributed by atoms with Crippen LogP contribution in [0.2, 0.25) is 0 Å². The number of nitrogens with two attached hydrogens (primary N) is 1. The summed E-state index contributed by atoms with van der Waals surface area (Å²) in [4.78, 5) is 11.8. The maximum Gasteiger partial charge on any atom is 0.224 e. The molecule has 0 saturated carbocycles. The smallest absolute Gasteiger partial charge is 0.224 e. The van der Waals surface area contributed by atoms with Crippen molar-refractivity contribution in [2.75, 3.05) is 5.73 Å². The van der Waals surface area contributed by atoms with E-state index in [-0.39, 0.29) is 18.5 Å². The van der Waals surface area contributed by atoms with E-state index in [1.165, 1.54) is 6.07 Å². The molecule has 0 fully saturated rings. The maximum absolute atomic E-state index is 13.5. The van der Waals surface area contributed by atoms with Crippen LogP contribution in [0.1, 0.15) is 16.7 Å². The van der Waals surface area contributed by atoms with E-state index >= 15 is 0 Å². The van der Waals surface area contributed by atoms with Crippen LogP contribution >= 0.6 is 0 Å². The molecule has 2 aromatic carbocycles. The van der Waals surface area contributed by atoms with E-state index < -0.39 is 17.5 Å². The maximum atomic E-state index is 13.5. The summed E-state index contributed by atoms with van der Waals surface area (Å²) in [6.07, 6.45) is -0.333. The van der Waals surface area contributed by atoms with Crippen molar-refractivity contribution in [1.82, 2.24) is 5.32 Å². The molecule has 0 saturated heterocycles. The molecular formula is C16H16F2N2O. The summed E-state index contributed by atoms with van der Waals surface area (Å²) in [5.74, 6) is -1.88. The Bertz CT molecular complexity index is 651. The number of halogens is 2. The molecule has 1 amide bonds. The molecule has 5 heteroatoms. The van der Waals surface area contributed by atoms with E-state index in [0.29, 0.717) is 5.69 Å². The highest BCUT2D eigenvalue weighted by atomic mass is 19.1. The molecule has 0 aliphatic rings. The lowest BCUT2D eigenvalue weighted by atomic mass is 10.1. The number of hydrogen-bond donors (Lipinski definition) is 2. The van der Waals surface area contributed by atoms with Crippen LogP contribution in [0.15, 0.2) is 36.4 Å². The quantitative estimate of drug-likeness (QED) is 0.851. The van der Waals surface area contributed by atoms with Gasteiger partial charge >= 0.3 is 0 Å². The van der Waals surface area contributed by atoms with Crippen molar-refractivity contribution in [3.8, 4) is 0 Å². The minimum atomic E-state index is -0.717. The number of anilines is 1. The summed E-state index contributed by atoms with van der Waals surface area (Å²) in [7, 11) is 0. The van der Waals surface area contributed by atoms with Crippen molar-refractivity contribution in [3.63, 3.8) is 0 Å². The summed E-state index contributed by atoms with van der Waals surface area (Å²) in [5.41, 5.74) is 7.95. The third-order valence-corrected chi connectivity index (χ3v) is 3.36. The Labute approximate surface area is 121 Å². The molecule has 0 aliphatic carbocycles. The molecular weight excluding hydrogens is 274 g/mol. The molecule has 0 atom stereocenters. The Morgan fingerprint density at radius 3 is 2.43 bits per heavy atom. The molecule has 110 valence electrons. The normalized spacial score (nSPS) is 10.4. The molecule has 21 heavy (non-hydrogen) atoms. The molecule has 0 radical (unpaired) electrons. The van der Waals surface area contributed by atoms with Crippen molar-refractivity contribution in [1.29, 1.82) is 0 Å². The van der Waals surface area contributed by atoms with Crippen LogP contribution in [0.5, 0.6) is 0 Å². The standard InChI is InChI=1S/C16H16F2N2O/c1-10-11(4-2-7-15(10)19)9-20-16(21)8-12-13(17)5-3-6-14(12)18/h2-7H,8-9,19H2,1H3,(H,20,21). The second-order valence-corrected chi connectivity index (χ2v) is 4.79. The van der Waals surface area contributed by atoms with Crippen LogP contribution in [0.4, 0.5) is 14.5 Å². The van der Waals surface area contributed by atoms with Gasteiger partial charge in [0.05, 0.1) is 6.42 Å². The Morgan fingerprint density at radius 1 is 1.14 bits per heavy atom. The summed E-state index contributed by atoms with van der Waals surface area (Å²) in [6.45, 7) is 2.12. The van der Waals surface area contributed by atoms with Gasteiger partial charge in [0.2, 0.25) is 5.91 Å². The van der Waals surface area contributed by atoms with Crippen molar-refractivity contribution < 1.29 is 13.6 Å². The number of rotatable bonds is 4. The van der Waals surface area contributed by atoms with Crippen LogP contribution in [0.3, 0.4) is 0 Å². The Kier molecular flexibility index (Phi) is 4.52. The highest BCUT2D eigenvalue weighted by Crippen LogP contribution is 2.16. The second-order valence-electron chi connectivity index (χ2n) is 4.79. The molecule has 3 N–H and O–H groups in total. The van der Waals surface area contributed by atoms with Crippen LogP contribution in [0.25, 0.3) is 0 Å². The zero-order valence-electron chi connectivity index (χ0n) is 11.6. The summed E-state index contributed by atoms with van der Waals surface area (Å²) < 4.78 is 26.9. The third kappa shape index (κ3) is 3.56. The van der Waals surface area contributed by atoms with Gasteiger partial charge in [-0.3, -0.25) is 4.79 Å². The lowest BCUT2D eigenvalue weighted by Crippen LogP contribution is -2.25. The van der Waals surface area contributed by atoms with Gasteiger partial charge in [0.1, 0.15) is 11.6 Å². The minimum absolute atomic E-state index is 0.223. The van der Waals surface area contributed by atoms with Gasteiger partial charge in [0.25, 0.3) is 0 Å². The third-order valence-electron chi connectivity index (χ3n) is 3.36. The van der Waals surface area contributed by atoms with Gasteiger partial charge in [-0.1, -0.05) is 18.2 Å². The Balaban J connectivity index is 2.01. The van der Waals surface area contributed by atoms with Crippen molar-refractivity contribution in [2.24, 2.45) is 0 Å². The van der Waals surface area contributed by atoms with Crippen molar-refractivity contribution >= 4 is 11.6 Å². The first-order valence-electron chi connectivity index (χ1n) is 6.52. The summed E-state index contributed by atoms with van der Waals surface area (Å²) >= 11 is 0. The predicted molar refractivity (Wildman–Crippen MR) is 77.5 cm³/mol. The number of benzene rings is 2. The lowest BCUT2D eigenvalue weighted by Gasteiger charge is -2.10. The largest absolute Gasteiger partial charge is 0.399 e. The molecule has 0 bridgehead atoms. The first kappa shape index (κ1) is 15.0. The molecule has 0 aromatic heterocycles. The van der Waals surface area contributed by atoms with E-state index in [1.54, 1.807) is 12.1 Å². The van der Waals surface area contributed by atoms with E-state index in [2.05, 4.69) is 5.32 Å². The van der Waals surface area contributed by atoms with E-state index in [1.807, 2.05) is 13.0 Å². The average molecular weight is 290 g/mol. The predicted octanol–water partition coefficient (Wildman–Crippen LogP) is 2.71. The highest BCUT2D eigenvalue weighted by molar-refractivity contribution is 5.78. The zero-order valence-corrected chi connectivity index (χ0v) is 11.6. The van der Waals surface area contributed by atoms with Gasteiger partial charge in [-0.25, -0.2) is 8.78 Å². The van der Waals surface area contributed by atoms with Gasteiger partial charge in [-0.15, -0.1) is 0 Å². The minimum Gasteiger partial charge on any atom is -0.399 e. The summed E-state index contributed by atoms with van der Waals surface area (Å²) in [5, 5.41) is 2.64. The molecule has 0 heterocycles. The van der Waals surface area contributed by atoms with E-state index in [0.717, 1.165) is 23.3 Å². The van der Waals surface area contributed by atoms with Crippen LogP contribution in [-0.2, 0) is 17.8 Å². The Hall–Kier alpha value is -2.43. The Morgan fingerprint density at radius 2 is 1.76 bits per heavy atom. The number of nitrogens with one attached hydrogen (secondary N) is 1. The topological polar surface area (TPSA) is 55.1 Å². The van der Waals surface area contributed by atoms with Crippen LogP contribution < -0.4 is 11.1 Å². The van der Waals surface area contributed by atoms with Crippen molar-refractivity contribution in [3.05, 3.63) is 64.7 Å². The average Bonchev–Trinajstić information content (AvgIpc) is 2.45. The van der Waals surface area contributed by atoms with Crippen molar-refractivity contribution in [2.45, 2.75) is 19.9 Å². The molecule has 2 aromatic rings. The molecule has 0 unspecified atom stereocenters. The zero-order chi connectivity index (χ0) is 15.4. The number of amides is 1. The van der Waals surface area contributed by atoms with Crippen LogP contribution in [-0.4, -0.2) is 5.91 Å². The van der Waals surface area contributed by atoms with Gasteiger partial charge in [0, 0.05) is 17.8 Å². The molecule has 3 nitrogen and oxygen atoms in total. The fraction of sp³-hybridized carbons (Fsp3) is 0.188. The highest BCUT2D eigenvalue weighted by Gasteiger charge is 2.13. The van der Waals surface area contributed by atoms with E-state index in [4.69, 9.17) is 5.73 Å². The first-order valence-corrected chi connectivity index (χ1v) is 6.52. The van der Waals surface area contributed by atoms with Gasteiger partial charge in [0.15, 0.2) is 0 Å². The number of carbonyl (C=O) groups is 1. The first-order chi connectivity index (χ1) is 9.99. The number of hydrogen-bond acceptors (Lipinski definition) is 2. The van der Waals surface area contributed by atoms with Crippen LogP contribution in [0, 0.1) is 18.6 Å². The number of carbonyl (C=O) groups excluding carboxylic acids is 1. The molecule has 0 aliphatic heterocycles. The monoisotopic (exact) mass is 290 g/mol. The number of nitrogen functional groups attached to an aromatic ring is 1. The summed E-state index contributed by atoms with van der Waals surface area (Å²) in [6, 6.07) is 8.94. The van der Waals surface area contributed by atoms with E-state index in [9.17, 15) is 13.6 Å². The fourth-order valence-electron chi connectivity index (χ4n) is 2.01. The molecule has 0 spiro atoms. The fourth-order valence-corrected chi connectivity index (χ4v) is 2.01. The van der Waals surface area contributed by atoms with Gasteiger partial charge < -0.3 is 11.1 Å². The van der Waals surface area contributed by atoms with Gasteiger partial charge in [-0.05, 0) is 36.2 Å². The molecule has 2 rings (SSSR count). The SMILES string of the molecule is Cc1c(N)cccc1CNC(=O)Cc1c(F)cccc1F.